The number of ether oxygens (including phenoxy) is 2. The molecule has 0 unspecified atom stereocenters. The molecule has 2 heterocycles. The lowest BCUT2D eigenvalue weighted by atomic mass is 10.1. The number of aromatic carboxylic acids is 1. The van der Waals surface area contributed by atoms with Crippen LogP contribution in [0, 0.1) is 0 Å². The second kappa shape index (κ2) is 6.92. The molecule has 1 aliphatic rings. The topological polar surface area (TPSA) is 85.0 Å². The van der Waals surface area contributed by atoms with E-state index in [2.05, 4.69) is 17.1 Å². The first-order chi connectivity index (χ1) is 11.6. The van der Waals surface area contributed by atoms with Crippen LogP contribution in [-0.2, 0) is 0 Å². The fraction of sp³-hybridized carbons (Fsp3) is 0.412. The molecule has 1 fully saturated rings. The number of likely N-dealkylation sites (tertiary alicyclic amines) is 1. The lowest BCUT2D eigenvalue weighted by Gasteiger charge is -2.29. The molecule has 0 saturated carbocycles. The molecular formula is C17H20N2O5. The first kappa shape index (κ1) is 16.3. The lowest BCUT2D eigenvalue weighted by Crippen LogP contribution is -2.35. The van der Waals surface area contributed by atoms with Gasteiger partial charge in [0.1, 0.15) is 11.8 Å². The molecule has 1 aromatic heterocycles. The van der Waals surface area contributed by atoms with Crippen LogP contribution in [0.1, 0.15) is 23.4 Å². The van der Waals surface area contributed by atoms with E-state index in [0.29, 0.717) is 22.8 Å². The van der Waals surface area contributed by atoms with E-state index in [4.69, 9.17) is 19.1 Å². The van der Waals surface area contributed by atoms with Gasteiger partial charge in [-0.25, -0.2) is 4.79 Å². The number of piperidine rings is 1. The van der Waals surface area contributed by atoms with Crippen molar-refractivity contribution >= 4 is 5.97 Å². The van der Waals surface area contributed by atoms with Crippen LogP contribution in [0.15, 0.2) is 28.8 Å². The van der Waals surface area contributed by atoms with Crippen LogP contribution in [0.25, 0.3) is 11.3 Å². The molecule has 0 bridgehead atoms. The van der Waals surface area contributed by atoms with Crippen molar-refractivity contribution in [3.63, 3.8) is 0 Å². The Labute approximate surface area is 139 Å². The summed E-state index contributed by atoms with van der Waals surface area (Å²) < 4.78 is 16.3. The predicted molar refractivity (Wildman–Crippen MR) is 86.6 cm³/mol. The molecule has 24 heavy (non-hydrogen) atoms. The molecule has 0 aliphatic carbocycles. The highest BCUT2D eigenvalue weighted by molar-refractivity contribution is 5.85. The van der Waals surface area contributed by atoms with Gasteiger partial charge in [0.05, 0.1) is 7.11 Å². The van der Waals surface area contributed by atoms with Crippen LogP contribution in [-0.4, -0.2) is 54.5 Å². The predicted octanol–water partition coefficient (Wildman–Crippen LogP) is 2.52. The van der Waals surface area contributed by atoms with Crippen LogP contribution in [0.2, 0.25) is 0 Å². The number of benzene rings is 1. The molecule has 1 aliphatic heterocycles. The average Bonchev–Trinajstić information content (AvgIpc) is 3.07. The van der Waals surface area contributed by atoms with Gasteiger partial charge in [-0.15, -0.1) is 0 Å². The van der Waals surface area contributed by atoms with Crippen LogP contribution >= 0.6 is 0 Å². The standard InChI is InChI=1S/C17H20N2O5/c1-19-7-5-12(6-8-19)23-14-4-3-11(9-15(14)22-2)13-10-16(17(20)21)24-18-13/h3-4,9-10,12H,5-8H2,1-2H3,(H,20,21). The Balaban J connectivity index is 1.78. The fourth-order valence-corrected chi connectivity index (χ4v) is 2.72. The molecular weight excluding hydrogens is 312 g/mol. The number of methoxy groups -OCH3 is 1. The SMILES string of the molecule is COc1cc(-c2cc(C(=O)O)on2)ccc1OC1CCN(C)CC1. The van der Waals surface area contributed by atoms with Crippen molar-refractivity contribution in [3.8, 4) is 22.8 Å². The van der Waals surface area contributed by atoms with E-state index in [1.165, 1.54) is 6.07 Å². The van der Waals surface area contributed by atoms with Crippen molar-refractivity contribution < 1.29 is 23.9 Å². The third-order valence-electron chi connectivity index (χ3n) is 4.14. The van der Waals surface area contributed by atoms with Gasteiger partial charge in [-0.05, 0) is 38.1 Å². The molecule has 0 spiro atoms. The molecule has 2 aromatic rings. The highest BCUT2D eigenvalue weighted by Crippen LogP contribution is 2.34. The second-order valence-electron chi connectivity index (χ2n) is 5.87. The Morgan fingerprint density at radius 1 is 1.29 bits per heavy atom. The molecule has 7 nitrogen and oxygen atoms in total. The summed E-state index contributed by atoms with van der Waals surface area (Å²) in [6.07, 6.45) is 2.13. The number of carbonyl (C=O) groups is 1. The van der Waals surface area contributed by atoms with E-state index < -0.39 is 5.97 Å². The van der Waals surface area contributed by atoms with Crippen molar-refractivity contribution in [3.05, 3.63) is 30.0 Å². The van der Waals surface area contributed by atoms with Gasteiger partial charge >= 0.3 is 5.97 Å². The van der Waals surface area contributed by atoms with E-state index in [0.717, 1.165) is 25.9 Å². The fourth-order valence-electron chi connectivity index (χ4n) is 2.72. The minimum Gasteiger partial charge on any atom is -0.493 e. The van der Waals surface area contributed by atoms with Crippen molar-refractivity contribution in [2.24, 2.45) is 0 Å². The molecule has 1 saturated heterocycles. The first-order valence-electron chi connectivity index (χ1n) is 7.80. The van der Waals surface area contributed by atoms with E-state index in [-0.39, 0.29) is 11.9 Å². The third-order valence-corrected chi connectivity index (χ3v) is 4.14. The van der Waals surface area contributed by atoms with Gasteiger partial charge in [-0.1, -0.05) is 5.16 Å². The molecule has 0 atom stereocenters. The van der Waals surface area contributed by atoms with E-state index in [9.17, 15) is 4.79 Å². The molecule has 3 rings (SSSR count). The van der Waals surface area contributed by atoms with E-state index in [1.54, 1.807) is 13.2 Å². The number of rotatable bonds is 5. The molecule has 1 aromatic carbocycles. The zero-order valence-electron chi connectivity index (χ0n) is 13.7. The van der Waals surface area contributed by atoms with Gasteiger partial charge in [0.15, 0.2) is 11.5 Å². The molecule has 7 heteroatoms. The maximum Gasteiger partial charge on any atom is 0.374 e. The summed E-state index contributed by atoms with van der Waals surface area (Å²) >= 11 is 0. The highest BCUT2D eigenvalue weighted by Gasteiger charge is 2.20. The summed E-state index contributed by atoms with van der Waals surface area (Å²) in [5.74, 6) is -0.0809. The van der Waals surface area contributed by atoms with E-state index in [1.807, 2.05) is 12.1 Å². The zero-order chi connectivity index (χ0) is 17.1. The second-order valence-corrected chi connectivity index (χ2v) is 5.87. The Bertz CT molecular complexity index is 720. The normalized spacial score (nSPS) is 16.1. The minimum atomic E-state index is -1.15. The Morgan fingerprint density at radius 2 is 2.04 bits per heavy atom. The van der Waals surface area contributed by atoms with Gasteiger partial charge in [0.25, 0.3) is 0 Å². The summed E-state index contributed by atoms with van der Waals surface area (Å²) in [6.45, 7) is 2.03. The summed E-state index contributed by atoms with van der Waals surface area (Å²) in [7, 11) is 3.68. The number of aromatic nitrogens is 1. The molecule has 128 valence electrons. The number of hydrogen-bond donors (Lipinski definition) is 1. The largest absolute Gasteiger partial charge is 0.493 e. The van der Waals surface area contributed by atoms with Crippen molar-refractivity contribution in [1.82, 2.24) is 10.1 Å². The minimum absolute atomic E-state index is 0.173. The molecule has 1 N–H and O–H groups in total. The number of hydrogen-bond acceptors (Lipinski definition) is 6. The van der Waals surface area contributed by atoms with Crippen LogP contribution < -0.4 is 9.47 Å². The van der Waals surface area contributed by atoms with Gasteiger partial charge in [-0.3, -0.25) is 0 Å². The van der Waals surface area contributed by atoms with Crippen molar-refractivity contribution in [2.45, 2.75) is 18.9 Å². The van der Waals surface area contributed by atoms with Crippen LogP contribution in [0.5, 0.6) is 11.5 Å². The average molecular weight is 332 g/mol. The quantitative estimate of drug-likeness (QED) is 0.900. The van der Waals surface area contributed by atoms with Crippen LogP contribution in [0.3, 0.4) is 0 Å². The van der Waals surface area contributed by atoms with Crippen molar-refractivity contribution in [2.75, 3.05) is 27.2 Å². The lowest BCUT2D eigenvalue weighted by molar-refractivity contribution is 0.0652. The van der Waals surface area contributed by atoms with Crippen LogP contribution in [0.4, 0.5) is 0 Å². The van der Waals surface area contributed by atoms with Gasteiger partial charge in [0, 0.05) is 24.7 Å². The maximum atomic E-state index is 10.9. The first-order valence-corrected chi connectivity index (χ1v) is 7.80. The van der Waals surface area contributed by atoms with Gasteiger partial charge in [0.2, 0.25) is 5.76 Å². The summed E-state index contributed by atoms with van der Waals surface area (Å²) in [5, 5.41) is 12.7. The number of nitrogens with zero attached hydrogens (tertiary/aromatic N) is 2. The van der Waals surface area contributed by atoms with Gasteiger partial charge < -0.3 is 24.0 Å². The zero-order valence-corrected chi connectivity index (χ0v) is 13.7. The molecule has 0 radical (unpaired) electrons. The van der Waals surface area contributed by atoms with Gasteiger partial charge in [-0.2, -0.15) is 0 Å². The summed E-state index contributed by atoms with van der Waals surface area (Å²) in [4.78, 5) is 13.2. The third kappa shape index (κ3) is 3.51. The number of carboxylic acids is 1. The smallest absolute Gasteiger partial charge is 0.374 e. The molecule has 0 amide bonds. The van der Waals surface area contributed by atoms with E-state index >= 15 is 0 Å². The summed E-state index contributed by atoms with van der Waals surface area (Å²) in [6, 6.07) is 6.79. The Morgan fingerprint density at radius 3 is 2.67 bits per heavy atom. The summed E-state index contributed by atoms with van der Waals surface area (Å²) in [5.41, 5.74) is 1.15. The highest BCUT2D eigenvalue weighted by atomic mass is 16.5. The number of carboxylic acid groups (broad SMARTS) is 1. The maximum absolute atomic E-state index is 10.9. The Kier molecular flexibility index (Phi) is 4.71. The Hall–Kier alpha value is -2.54. The van der Waals surface area contributed by atoms with Crippen molar-refractivity contribution in [1.29, 1.82) is 0 Å². The monoisotopic (exact) mass is 332 g/mol.